The summed E-state index contributed by atoms with van der Waals surface area (Å²) in [5.41, 5.74) is 1.63. The zero-order valence-corrected chi connectivity index (χ0v) is 8.86. The van der Waals surface area contributed by atoms with Gasteiger partial charge in [-0.15, -0.1) is 0 Å². The number of hydrogen-bond donors (Lipinski definition) is 0. The Morgan fingerprint density at radius 1 is 1.73 bits per heavy atom. The Kier molecular flexibility index (Phi) is 3.86. The summed E-state index contributed by atoms with van der Waals surface area (Å²) in [6.45, 7) is 4.03. The van der Waals surface area contributed by atoms with Gasteiger partial charge in [0.05, 0.1) is 24.8 Å². The molecule has 0 bridgehead atoms. The topological polar surface area (TPSA) is 67.9 Å². The van der Waals surface area contributed by atoms with Gasteiger partial charge < -0.3 is 4.74 Å². The molecule has 0 aliphatic rings. The molecule has 0 spiro atoms. The number of nitriles is 1. The van der Waals surface area contributed by atoms with Crippen LogP contribution in [0, 0.1) is 18.3 Å². The first-order chi connectivity index (χ1) is 7.17. The maximum atomic E-state index is 11.1. The lowest BCUT2D eigenvalue weighted by molar-refractivity contribution is -0.144. The Hall–Kier alpha value is -1.83. The van der Waals surface area contributed by atoms with Crippen LogP contribution in [0.2, 0.25) is 0 Å². The van der Waals surface area contributed by atoms with Gasteiger partial charge in [0.15, 0.2) is 0 Å². The van der Waals surface area contributed by atoms with Crippen LogP contribution in [0.3, 0.4) is 0 Å². The number of carbonyl (C=O) groups is 1. The highest BCUT2D eigenvalue weighted by Gasteiger charge is 2.08. The van der Waals surface area contributed by atoms with Gasteiger partial charge in [0.1, 0.15) is 6.54 Å². The molecule has 5 nitrogen and oxygen atoms in total. The van der Waals surface area contributed by atoms with Crippen LogP contribution in [0.4, 0.5) is 0 Å². The number of esters is 1. The molecule has 0 aromatic carbocycles. The van der Waals surface area contributed by atoms with Crippen molar-refractivity contribution in [2.75, 3.05) is 6.61 Å². The normalized spacial score (nSPS) is 9.67. The van der Waals surface area contributed by atoms with Gasteiger partial charge >= 0.3 is 5.97 Å². The van der Waals surface area contributed by atoms with Gasteiger partial charge in [-0.05, 0) is 13.8 Å². The molecule has 0 saturated heterocycles. The van der Waals surface area contributed by atoms with E-state index in [1.165, 1.54) is 4.68 Å². The third-order valence-corrected chi connectivity index (χ3v) is 1.91. The number of rotatable bonds is 4. The van der Waals surface area contributed by atoms with E-state index in [1.807, 2.05) is 13.0 Å². The van der Waals surface area contributed by atoms with Gasteiger partial charge in [-0.3, -0.25) is 9.48 Å². The Bertz CT molecular complexity index is 390. The minimum Gasteiger partial charge on any atom is -0.465 e. The van der Waals surface area contributed by atoms with Crippen molar-refractivity contribution in [3.63, 3.8) is 0 Å². The molecule has 0 fully saturated rings. The quantitative estimate of drug-likeness (QED) is 0.685. The molecule has 0 aliphatic carbocycles. The van der Waals surface area contributed by atoms with Gasteiger partial charge in [0.2, 0.25) is 0 Å². The Labute approximate surface area is 88.3 Å². The number of hydrogen-bond acceptors (Lipinski definition) is 4. The minimum absolute atomic E-state index is 0.0973. The maximum absolute atomic E-state index is 11.1. The van der Waals surface area contributed by atoms with Crippen LogP contribution in [0.15, 0.2) is 6.20 Å². The van der Waals surface area contributed by atoms with Crippen molar-refractivity contribution >= 4 is 5.97 Å². The van der Waals surface area contributed by atoms with Crippen molar-refractivity contribution in [2.45, 2.75) is 26.8 Å². The fourth-order valence-electron chi connectivity index (χ4n) is 1.24. The fraction of sp³-hybridized carbons (Fsp3) is 0.500. The molecule has 0 saturated carbocycles. The predicted octanol–water partition coefficient (Wildman–Crippen LogP) is 0.821. The highest BCUT2D eigenvalue weighted by molar-refractivity contribution is 5.69. The molecule has 1 aromatic heterocycles. The Balaban J connectivity index is 2.67. The van der Waals surface area contributed by atoms with E-state index >= 15 is 0 Å². The summed E-state index contributed by atoms with van der Waals surface area (Å²) in [5.74, 6) is -0.316. The standard InChI is InChI=1S/C10H13N3O2/c1-3-15-10(14)7-13-6-9(4-5-11)8(2)12-13/h6H,3-4,7H2,1-2H3. The summed E-state index contributed by atoms with van der Waals surface area (Å²) >= 11 is 0. The molecular weight excluding hydrogens is 194 g/mol. The SMILES string of the molecule is CCOC(=O)Cn1cc(CC#N)c(C)n1. The largest absolute Gasteiger partial charge is 0.465 e. The highest BCUT2D eigenvalue weighted by atomic mass is 16.5. The zero-order valence-electron chi connectivity index (χ0n) is 8.86. The molecule has 0 radical (unpaired) electrons. The number of nitrogens with zero attached hydrogens (tertiary/aromatic N) is 3. The minimum atomic E-state index is -0.316. The molecule has 0 atom stereocenters. The highest BCUT2D eigenvalue weighted by Crippen LogP contribution is 2.05. The van der Waals surface area contributed by atoms with Crippen LogP contribution in [-0.4, -0.2) is 22.4 Å². The van der Waals surface area contributed by atoms with Crippen molar-refractivity contribution in [1.82, 2.24) is 9.78 Å². The summed E-state index contributed by atoms with van der Waals surface area (Å²) in [4.78, 5) is 11.1. The average molecular weight is 207 g/mol. The van der Waals surface area contributed by atoms with E-state index in [-0.39, 0.29) is 12.5 Å². The summed E-state index contributed by atoms with van der Waals surface area (Å²) in [5, 5.41) is 12.7. The summed E-state index contributed by atoms with van der Waals surface area (Å²) in [6.07, 6.45) is 2.02. The number of aryl methyl sites for hydroxylation is 1. The molecule has 1 heterocycles. The van der Waals surface area contributed by atoms with Crippen molar-refractivity contribution in [1.29, 1.82) is 5.26 Å². The summed E-state index contributed by atoms with van der Waals surface area (Å²) in [7, 11) is 0. The number of carbonyl (C=O) groups excluding carboxylic acids is 1. The van der Waals surface area contributed by atoms with Crippen LogP contribution in [0.25, 0.3) is 0 Å². The van der Waals surface area contributed by atoms with Crippen LogP contribution >= 0.6 is 0 Å². The van der Waals surface area contributed by atoms with Gasteiger partial charge in [0.25, 0.3) is 0 Å². The summed E-state index contributed by atoms with van der Waals surface area (Å²) < 4.78 is 6.29. The predicted molar refractivity (Wildman–Crippen MR) is 52.9 cm³/mol. The molecule has 0 N–H and O–H groups in total. The Morgan fingerprint density at radius 3 is 3.07 bits per heavy atom. The van der Waals surface area contributed by atoms with Crippen LogP contribution in [0.5, 0.6) is 0 Å². The third kappa shape index (κ3) is 3.09. The second kappa shape index (κ2) is 5.15. The lowest BCUT2D eigenvalue weighted by Crippen LogP contribution is -2.13. The van der Waals surface area contributed by atoms with Crippen molar-refractivity contribution in [3.8, 4) is 6.07 Å². The van der Waals surface area contributed by atoms with E-state index < -0.39 is 0 Å². The fourth-order valence-corrected chi connectivity index (χ4v) is 1.24. The molecule has 1 rings (SSSR count). The van der Waals surface area contributed by atoms with Crippen LogP contribution < -0.4 is 0 Å². The van der Waals surface area contributed by atoms with Gasteiger partial charge in [-0.25, -0.2) is 0 Å². The second-order valence-corrected chi connectivity index (χ2v) is 3.08. The van der Waals surface area contributed by atoms with Crippen LogP contribution in [0.1, 0.15) is 18.2 Å². The molecular formula is C10H13N3O2. The first-order valence-electron chi connectivity index (χ1n) is 4.73. The van der Waals surface area contributed by atoms with Gasteiger partial charge in [-0.1, -0.05) is 0 Å². The van der Waals surface area contributed by atoms with E-state index in [4.69, 9.17) is 10.00 Å². The lowest BCUT2D eigenvalue weighted by atomic mass is 10.2. The van der Waals surface area contributed by atoms with Crippen molar-refractivity contribution in [3.05, 3.63) is 17.5 Å². The average Bonchev–Trinajstić information content (AvgIpc) is 2.48. The molecule has 1 aromatic rings. The molecule has 0 amide bonds. The smallest absolute Gasteiger partial charge is 0.327 e. The van der Waals surface area contributed by atoms with Crippen molar-refractivity contribution < 1.29 is 9.53 Å². The molecule has 0 aliphatic heterocycles. The third-order valence-electron chi connectivity index (χ3n) is 1.91. The first-order valence-corrected chi connectivity index (χ1v) is 4.73. The van der Waals surface area contributed by atoms with E-state index in [9.17, 15) is 4.79 Å². The molecule has 0 unspecified atom stereocenters. The van der Waals surface area contributed by atoms with E-state index in [2.05, 4.69) is 5.10 Å². The van der Waals surface area contributed by atoms with E-state index in [0.29, 0.717) is 13.0 Å². The monoisotopic (exact) mass is 207 g/mol. The first kappa shape index (κ1) is 11.2. The summed E-state index contributed by atoms with van der Waals surface area (Å²) in [6, 6.07) is 2.05. The van der Waals surface area contributed by atoms with E-state index in [0.717, 1.165) is 11.3 Å². The van der Waals surface area contributed by atoms with Gasteiger partial charge in [-0.2, -0.15) is 10.4 Å². The van der Waals surface area contributed by atoms with Gasteiger partial charge in [0, 0.05) is 11.8 Å². The van der Waals surface area contributed by atoms with Crippen molar-refractivity contribution in [2.24, 2.45) is 0 Å². The second-order valence-electron chi connectivity index (χ2n) is 3.08. The molecule has 5 heteroatoms. The van der Waals surface area contributed by atoms with E-state index in [1.54, 1.807) is 13.1 Å². The number of aromatic nitrogens is 2. The van der Waals surface area contributed by atoms with Crippen LogP contribution in [-0.2, 0) is 22.5 Å². The molecule has 15 heavy (non-hydrogen) atoms. The maximum Gasteiger partial charge on any atom is 0.327 e. The Morgan fingerprint density at radius 2 is 2.47 bits per heavy atom. The lowest BCUT2D eigenvalue weighted by Gasteiger charge is -2.00. The molecule has 80 valence electrons. The number of ether oxygens (including phenoxy) is 1. The zero-order chi connectivity index (χ0) is 11.3.